The number of nitrogens with zero attached hydrogens (tertiary/aromatic N) is 2. The Balaban J connectivity index is 1.42. The highest BCUT2D eigenvalue weighted by Crippen LogP contribution is 2.27. The van der Waals surface area contributed by atoms with Gasteiger partial charge in [0.15, 0.2) is 6.10 Å². The summed E-state index contributed by atoms with van der Waals surface area (Å²) in [6, 6.07) is 21.0. The number of amides is 1. The van der Waals surface area contributed by atoms with Crippen LogP contribution < -0.4 is 10.1 Å². The Hall–Kier alpha value is -2.96. The van der Waals surface area contributed by atoms with Gasteiger partial charge >= 0.3 is 0 Å². The highest BCUT2D eigenvalue weighted by atomic mass is 35.5. The zero-order valence-electron chi connectivity index (χ0n) is 14.9. The molecule has 7 heteroatoms. The van der Waals surface area contributed by atoms with Crippen molar-refractivity contribution in [2.24, 2.45) is 0 Å². The van der Waals surface area contributed by atoms with Crippen LogP contribution in [0.4, 0.5) is 5.13 Å². The molecular weight excluding hydrogens is 394 g/mol. The molecule has 1 heterocycles. The average Bonchev–Trinajstić information content (AvgIpc) is 3.17. The number of halogens is 1. The molecule has 1 aromatic heterocycles. The van der Waals surface area contributed by atoms with E-state index in [4.69, 9.17) is 16.3 Å². The smallest absolute Gasteiger partial charge is 0.266 e. The lowest BCUT2D eigenvalue weighted by Gasteiger charge is -2.14. The number of fused-ring (bicyclic) bond motifs is 1. The largest absolute Gasteiger partial charge is 0.481 e. The molecule has 0 unspecified atom stereocenters. The summed E-state index contributed by atoms with van der Waals surface area (Å²) >= 11 is 7.20. The number of carbonyl (C=O) groups is 1. The van der Waals surface area contributed by atoms with Gasteiger partial charge in [0.2, 0.25) is 5.13 Å². The Morgan fingerprint density at radius 2 is 1.79 bits per heavy atom. The number of anilines is 1. The highest BCUT2D eigenvalue weighted by Gasteiger charge is 2.17. The lowest BCUT2D eigenvalue weighted by Crippen LogP contribution is -2.30. The monoisotopic (exact) mass is 409 g/mol. The zero-order valence-corrected chi connectivity index (χ0v) is 16.5. The van der Waals surface area contributed by atoms with E-state index in [1.807, 2.05) is 54.6 Å². The number of rotatable bonds is 5. The van der Waals surface area contributed by atoms with Gasteiger partial charge in [0.25, 0.3) is 5.91 Å². The van der Waals surface area contributed by atoms with E-state index in [9.17, 15) is 4.79 Å². The first kappa shape index (κ1) is 18.4. The minimum atomic E-state index is -0.677. The first-order valence-electron chi connectivity index (χ1n) is 8.64. The summed E-state index contributed by atoms with van der Waals surface area (Å²) in [6.45, 7) is 1.70. The number of benzene rings is 3. The standard InChI is InChI=1S/C21H16ClN3O2S/c1-13(27-18-11-8-14-4-2-3-5-16(14)12-18)19(26)23-21-25-24-20(28-21)15-6-9-17(22)10-7-15/h2-13H,1H3,(H,23,25,26)/t13-/m1/s1. The molecule has 0 aliphatic rings. The second-order valence-electron chi connectivity index (χ2n) is 6.18. The maximum atomic E-state index is 12.5. The van der Waals surface area contributed by atoms with Crippen LogP contribution in [0.3, 0.4) is 0 Å². The minimum absolute atomic E-state index is 0.285. The van der Waals surface area contributed by atoms with Crippen LogP contribution >= 0.6 is 22.9 Å². The first-order chi connectivity index (χ1) is 13.6. The van der Waals surface area contributed by atoms with E-state index in [2.05, 4.69) is 15.5 Å². The van der Waals surface area contributed by atoms with Crippen molar-refractivity contribution >= 4 is 44.7 Å². The van der Waals surface area contributed by atoms with Crippen molar-refractivity contribution < 1.29 is 9.53 Å². The summed E-state index contributed by atoms with van der Waals surface area (Å²) in [5, 5.41) is 14.9. The van der Waals surface area contributed by atoms with Crippen LogP contribution in [0.15, 0.2) is 66.7 Å². The Morgan fingerprint density at radius 1 is 1.04 bits per heavy atom. The third-order valence-corrected chi connectivity index (χ3v) is 5.29. The normalized spacial score (nSPS) is 11.9. The summed E-state index contributed by atoms with van der Waals surface area (Å²) in [6.07, 6.45) is -0.677. The third-order valence-electron chi connectivity index (χ3n) is 4.15. The molecule has 0 aliphatic carbocycles. The van der Waals surface area contributed by atoms with Crippen LogP contribution in [0.25, 0.3) is 21.3 Å². The SMILES string of the molecule is C[C@@H](Oc1ccc2ccccc2c1)C(=O)Nc1nnc(-c2ccc(Cl)cc2)s1. The predicted molar refractivity (Wildman–Crippen MR) is 113 cm³/mol. The lowest BCUT2D eigenvalue weighted by molar-refractivity contribution is -0.122. The van der Waals surface area contributed by atoms with E-state index in [1.165, 1.54) is 11.3 Å². The van der Waals surface area contributed by atoms with Gasteiger partial charge in [-0.15, -0.1) is 10.2 Å². The van der Waals surface area contributed by atoms with E-state index in [0.29, 0.717) is 20.9 Å². The molecule has 1 amide bonds. The molecule has 140 valence electrons. The Bertz CT molecular complexity index is 1130. The fraction of sp³-hybridized carbons (Fsp3) is 0.0952. The molecule has 4 aromatic rings. The van der Waals surface area contributed by atoms with Crippen LogP contribution in [0.1, 0.15) is 6.92 Å². The molecule has 0 saturated carbocycles. The van der Waals surface area contributed by atoms with Gasteiger partial charge in [-0.1, -0.05) is 65.4 Å². The second-order valence-corrected chi connectivity index (χ2v) is 7.59. The fourth-order valence-corrected chi connectivity index (χ4v) is 3.57. The molecule has 3 aromatic carbocycles. The van der Waals surface area contributed by atoms with Crippen molar-refractivity contribution in [2.75, 3.05) is 5.32 Å². The Kier molecular flexibility index (Phi) is 5.23. The minimum Gasteiger partial charge on any atom is -0.481 e. The van der Waals surface area contributed by atoms with Gasteiger partial charge in [0, 0.05) is 10.6 Å². The second kappa shape index (κ2) is 7.96. The van der Waals surface area contributed by atoms with Gasteiger partial charge in [-0.25, -0.2) is 0 Å². The summed E-state index contributed by atoms with van der Waals surface area (Å²) in [5.74, 6) is 0.354. The molecule has 5 nitrogen and oxygen atoms in total. The van der Waals surface area contributed by atoms with Crippen molar-refractivity contribution in [1.29, 1.82) is 0 Å². The summed E-state index contributed by atoms with van der Waals surface area (Å²) in [5.41, 5.74) is 0.892. The van der Waals surface area contributed by atoms with Crippen molar-refractivity contribution in [3.63, 3.8) is 0 Å². The third kappa shape index (κ3) is 4.13. The molecular formula is C21H16ClN3O2S. The predicted octanol–water partition coefficient (Wildman–Crippen LogP) is 5.42. The van der Waals surface area contributed by atoms with Gasteiger partial charge in [-0.2, -0.15) is 0 Å². The molecule has 0 saturated heterocycles. The summed E-state index contributed by atoms with van der Waals surface area (Å²) < 4.78 is 5.79. The van der Waals surface area contributed by atoms with E-state index in [0.717, 1.165) is 16.3 Å². The van der Waals surface area contributed by atoms with Gasteiger partial charge in [-0.3, -0.25) is 10.1 Å². The lowest BCUT2D eigenvalue weighted by atomic mass is 10.1. The molecule has 0 bridgehead atoms. The molecule has 28 heavy (non-hydrogen) atoms. The van der Waals surface area contributed by atoms with E-state index in [-0.39, 0.29) is 5.91 Å². The van der Waals surface area contributed by atoms with Gasteiger partial charge in [0.1, 0.15) is 10.8 Å². The van der Waals surface area contributed by atoms with Gasteiger partial charge in [0.05, 0.1) is 0 Å². The molecule has 1 N–H and O–H groups in total. The van der Waals surface area contributed by atoms with E-state index >= 15 is 0 Å². The fourth-order valence-electron chi connectivity index (χ4n) is 2.69. The highest BCUT2D eigenvalue weighted by molar-refractivity contribution is 7.18. The van der Waals surface area contributed by atoms with Crippen molar-refractivity contribution in [3.05, 3.63) is 71.8 Å². The maximum Gasteiger partial charge on any atom is 0.266 e. The average molecular weight is 410 g/mol. The van der Waals surface area contributed by atoms with Crippen molar-refractivity contribution in [3.8, 4) is 16.3 Å². The molecule has 1 atom stereocenters. The maximum absolute atomic E-state index is 12.5. The quantitative estimate of drug-likeness (QED) is 0.478. The summed E-state index contributed by atoms with van der Waals surface area (Å²) in [7, 11) is 0. The molecule has 4 rings (SSSR count). The van der Waals surface area contributed by atoms with Crippen LogP contribution in [0, 0.1) is 0 Å². The number of hydrogen-bond acceptors (Lipinski definition) is 5. The topological polar surface area (TPSA) is 64.1 Å². The Morgan fingerprint density at radius 3 is 2.57 bits per heavy atom. The number of carbonyl (C=O) groups excluding carboxylic acids is 1. The van der Waals surface area contributed by atoms with Crippen LogP contribution in [-0.4, -0.2) is 22.2 Å². The molecule has 0 aliphatic heterocycles. The molecule has 0 fully saturated rings. The van der Waals surface area contributed by atoms with Crippen molar-refractivity contribution in [1.82, 2.24) is 10.2 Å². The molecule has 0 spiro atoms. The first-order valence-corrected chi connectivity index (χ1v) is 9.84. The van der Waals surface area contributed by atoms with E-state index in [1.54, 1.807) is 19.1 Å². The summed E-state index contributed by atoms with van der Waals surface area (Å²) in [4.78, 5) is 12.5. The number of ether oxygens (including phenoxy) is 1. The van der Waals surface area contributed by atoms with Crippen molar-refractivity contribution in [2.45, 2.75) is 13.0 Å². The number of nitrogens with one attached hydrogen (secondary N) is 1. The zero-order chi connectivity index (χ0) is 19.5. The van der Waals surface area contributed by atoms with Gasteiger partial charge in [-0.05, 0) is 42.0 Å². The van der Waals surface area contributed by atoms with Gasteiger partial charge < -0.3 is 4.74 Å². The Labute approximate surface area is 170 Å². The van der Waals surface area contributed by atoms with E-state index < -0.39 is 6.10 Å². The van der Waals surface area contributed by atoms with Crippen LogP contribution in [0.5, 0.6) is 5.75 Å². The number of hydrogen-bond donors (Lipinski definition) is 1. The van der Waals surface area contributed by atoms with Crippen LogP contribution in [0.2, 0.25) is 5.02 Å². The number of aromatic nitrogens is 2. The van der Waals surface area contributed by atoms with Crippen LogP contribution in [-0.2, 0) is 4.79 Å². The molecule has 0 radical (unpaired) electrons.